The summed E-state index contributed by atoms with van der Waals surface area (Å²) >= 11 is 3.23. The Bertz CT molecular complexity index is 477. The standard InChI is InChI=1S/C14H18BrFN2O/c1-8(12-6-3-10(15)7-13(12)16)17-9(2)14(19)18-11-4-5-11/h3,6-9,11,17H,4-5H2,1-2H3,(H,18,19). The molecule has 2 atom stereocenters. The fraction of sp³-hybridized carbons (Fsp3) is 0.500. The molecule has 2 N–H and O–H groups in total. The van der Waals surface area contributed by atoms with E-state index in [2.05, 4.69) is 26.6 Å². The van der Waals surface area contributed by atoms with Crippen LogP contribution in [0, 0.1) is 5.82 Å². The van der Waals surface area contributed by atoms with Crippen molar-refractivity contribution >= 4 is 21.8 Å². The van der Waals surface area contributed by atoms with Crippen LogP contribution in [0.5, 0.6) is 0 Å². The minimum absolute atomic E-state index is 0.0214. The molecule has 0 spiro atoms. The highest BCUT2D eigenvalue weighted by molar-refractivity contribution is 9.10. The highest BCUT2D eigenvalue weighted by atomic mass is 79.9. The lowest BCUT2D eigenvalue weighted by atomic mass is 10.1. The molecule has 1 saturated carbocycles. The van der Waals surface area contributed by atoms with Gasteiger partial charge in [0.25, 0.3) is 0 Å². The first kappa shape index (κ1) is 14.5. The van der Waals surface area contributed by atoms with E-state index >= 15 is 0 Å². The number of amides is 1. The number of halogens is 2. The van der Waals surface area contributed by atoms with Gasteiger partial charge in [0.05, 0.1) is 6.04 Å². The third-order valence-corrected chi connectivity index (χ3v) is 3.74. The Hall–Kier alpha value is -0.940. The van der Waals surface area contributed by atoms with Crippen LogP contribution >= 0.6 is 15.9 Å². The fourth-order valence-electron chi connectivity index (χ4n) is 1.95. The smallest absolute Gasteiger partial charge is 0.237 e. The number of nitrogens with one attached hydrogen (secondary N) is 2. The molecular weight excluding hydrogens is 311 g/mol. The molecule has 1 amide bonds. The number of rotatable bonds is 5. The maximum Gasteiger partial charge on any atom is 0.237 e. The lowest BCUT2D eigenvalue weighted by Crippen LogP contribution is -2.44. The average Bonchev–Trinajstić information content (AvgIpc) is 3.12. The Morgan fingerprint density at radius 3 is 2.68 bits per heavy atom. The van der Waals surface area contributed by atoms with Crippen molar-refractivity contribution in [2.75, 3.05) is 0 Å². The molecule has 0 heterocycles. The molecule has 1 fully saturated rings. The molecule has 0 saturated heterocycles. The molecule has 0 aliphatic heterocycles. The van der Waals surface area contributed by atoms with E-state index in [0.29, 0.717) is 16.1 Å². The maximum absolute atomic E-state index is 13.8. The Kier molecular flexibility index (Phi) is 4.58. The zero-order valence-electron chi connectivity index (χ0n) is 11.0. The topological polar surface area (TPSA) is 41.1 Å². The van der Waals surface area contributed by atoms with E-state index in [-0.39, 0.29) is 23.8 Å². The minimum Gasteiger partial charge on any atom is -0.352 e. The summed E-state index contributed by atoms with van der Waals surface area (Å²) in [6.07, 6.45) is 2.13. The summed E-state index contributed by atoms with van der Waals surface area (Å²) in [5.41, 5.74) is 0.564. The maximum atomic E-state index is 13.8. The van der Waals surface area contributed by atoms with Gasteiger partial charge in [-0.3, -0.25) is 10.1 Å². The molecule has 1 aromatic carbocycles. The van der Waals surface area contributed by atoms with Crippen molar-refractivity contribution in [3.63, 3.8) is 0 Å². The molecule has 104 valence electrons. The summed E-state index contributed by atoms with van der Waals surface area (Å²) in [5, 5.41) is 6.05. The van der Waals surface area contributed by atoms with Gasteiger partial charge in [-0.25, -0.2) is 4.39 Å². The van der Waals surface area contributed by atoms with Crippen LogP contribution in [0.3, 0.4) is 0 Å². The van der Waals surface area contributed by atoms with Gasteiger partial charge in [-0.05, 0) is 38.8 Å². The molecule has 5 heteroatoms. The predicted octanol–water partition coefficient (Wildman–Crippen LogP) is 2.91. The van der Waals surface area contributed by atoms with E-state index in [1.54, 1.807) is 19.1 Å². The summed E-state index contributed by atoms with van der Waals surface area (Å²) < 4.78 is 14.5. The number of carbonyl (C=O) groups is 1. The molecule has 1 aliphatic carbocycles. The third-order valence-electron chi connectivity index (χ3n) is 3.25. The van der Waals surface area contributed by atoms with E-state index in [9.17, 15) is 9.18 Å². The highest BCUT2D eigenvalue weighted by Crippen LogP contribution is 2.22. The first-order valence-electron chi connectivity index (χ1n) is 6.48. The zero-order valence-corrected chi connectivity index (χ0v) is 12.6. The number of benzene rings is 1. The van der Waals surface area contributed by atoms with Crippen LogP contribution in [-0.2, 0) is 4.79 Å². The van der Waals surface area contributed by atoms with Gasteiger partial charge < -0.3 is 5.32 Å². The Morgan fingerprint density at radius 2 is 2.11 bits per heavy atom. The summed E-state index contributed by atoms with van der Waals surface area (Å²) in [6, 6.07) is 4.75. The van der Waals surface area contributed by atoms with Gasteiger partial charge in [-0.1, -0.05) is 22.0 Å². The SMILES string of the molecule is CC(NC(C)c1ccc(Br)cc1F)C(=O)NC1CC1. The van der Waals surface area contributed by atoms with Crippen LogP contribution < -0.4 is 10.6 Å². The minimum atomic E-state index is -0.335. The summed E-state index contributed by atoms with van der Waals surface area (Å²) in [6.45, 7) is 3.65. The fourth-order valence-corrected chi connectivity index (χ4v) is 2.28. The van der Waals surface area contributed by atoms with Gasteiger partial charge in [0.1, 0.15) is 5.82 Å². The molecule has 0 aromatic heterocycles. The molecule has 2 unspecified atom stereocenters. The predicted molar refractivity (Wildman–Crippen MR) is 76.3 cm³/mol. The molecule has 0 bridgehead atoms. The van der Waals surface area contributed by atoms with Crippen LogP contribution in [0.25, 0.3) is 0 Å². The second kappa shape index (κ2) is 6.01. The van der Waals surface area contributed by atoms with Crippen LogP contribution in [-0.4, -0.2) is 18.0 Å². The van der Waals surface area contributed by atoms with Crippen molar-refractivity contribution in [2.24, 2.45) is 0 Å². The van der Waals surface area contributed by atoms with Crippen LogP contribution in [0.15, 0.2) is 22.7 Å². The summed E-state index contributed by atoms with van der Waals surface area (Å²) in [7, 11) is 0. The van der Waals surface area contributed by atoms with E-state index < -0.39 is 0 Å². The second-order valence-electron chi connectivity index (χ2n) is 5.06. The Balaban J connectivity index is 1.95. The second-order valence-corrected chi connectivity index (χ2v) is 5.97. The van der Waals surface area contributed by atoms with Crippen molar-refractivity contribution in [3.8, 4) is 0 Å². The number of carbonyl (C=O) groups excluding carboxylic acids is 1. The molecule has 3 nitrogen and oxygen atoms in total. The van der Waals surface area contributed by atoms with Crippen molar-refractivity contribution < 1.29 is 9.18 Å². The lowest BCUT2D eigenvalue weighted by molar-refractivity contribution is -0.123. The van der Waals surface area contributed by atoms with Gasteiger partial charge in [0, 0.05) is 22.1 Å². The normalized spacial score (nSPS) is 17.9. The van der Waals surface area contributed by atoms with Gasteiger partial charge in [0.15, 0.2) is 0 Å². The van der Waals surface area contributed by atoms with E-state index in [1.165, 1.54) is 6.07 Å². The molecule has 1 aromatic rings. The monoisotopic (exact) mass is 328 g/mol. The Labute approximate surface area is 121 Å². The van der Waals surface area contributed by atoms with Gasteiger partial charge >= 0.3 is 0 Å². The van der Waals surface area contributed by atoms with Crippen LogP contribution in [0.2, 0.25) is 0 Å². The first-order chi connectivity index (χ1) is 8.97. The molecule has 0 radical (unpaired) electrons. The largest absolute Gasteiger partial charge is 0.352 e. The Morgan fingerprint density at radius 1 is 1.42 bits per heavy atom. The van der Waals surface area contributed by atoms with E-state index in [0.717, 1.165) is 12.8 Å². The van der Waals surface area contributed by atoms with Gasteiger partial charge in [0.2, 0.25) is 5.91 Å². The van der Waals surface area contributed by atoms with Crippen LogP contribution in [0.4, 0.5) is 4.39 Å². The van der Waals surface area contributed by atoms with Crippen molar-refractivity contribution in [1.82, 2.24) is 10.6 Å². The summed E-state index contributed by atoms with van der Waals surface area (Å²) in [5.74, 6) is -0.295. The first-order valence-corrected chi connectivity index (χ1v) is 7.28. The lowest BCUT2D eigenvalue weighted by Gasteiger charge is -2.20. The number of hydrogen-bond acceptors (Lipinski definition) is 2. The van der Waals surface area contributed by atoms with E-state index in [1.807, 2.05) is 6.92 Å². The van der Waals surface area contributed by atoms with Gasteiger partial charge in [-0.15, -0.1) is 0 Å². The molecule has 1 aliphatic rings. The average molecular weight is 329 g/mol. The summed E-state index contributed by atoms with van der Waals surface area (Å²) in [4.78, 5) is 11.8. The van der Waals surface area contributed by atoms with Crippen molar-refractivity contribution in [1.29, 1.82) is 0 Å². The molecular formula is C14H18BrFN2O. The van der Waals surface area contributed by atoms with Crippen molar-refractivity contribution in [2.45, 2.75) is 44.8 Å². The molecule has 2 rings (SSSR count). The molecule has 19 heavy (non-hydrogen) atoms. The third kappa shape index (κ3) is 4.01. The van der Waals surface area contributed by atoms with E-state index in [4.69, 9.17) is 0 Å². The van der Waals surface area contributed by atoms with Gasteiger partial charge in [-0.2, -0.15) is 0 Å². The zero-order chi connectivity index (χ0) is 14.0. The number of hydrogen-bond donors (Lipinski definition) is 2. The van der Waals surface area contributed by atoms with Crippen molar-refractivity contribution in [3.05, 3.63) is 34.1 Å². The van der Waals surface area contributed by atoms with Crippen LogP contribution in [0.1, 0.15) is 38.3 Å². The highest BCUT2D eigenvalue weighted by Gasteiger charge is 2.26. The quantitative estimate of drug-likeness (QED) is 0.872.